The van der Waals surface area contributed by atoms with Crippen molar-refractivity contribution in [2.24, 2.45) is 5.92 Å². The number of hydrogen-bond acceptors (Lipinski definition) is 4. The van der Waals surface area contributed by atoms with Crippen LogP contribution in [0.1, 0.15) is 23.5 Å². The smallest absolute Gasteiger partial charge is 0.341 e. The average molecular weight is 331 g/mol. The summed E-state index contributed by atoms with van der Waals surface area (Å²) in [6.07, 6.45) is 0.890. The number of aryl methyl sites for hydroxylation is 1. The van der Waals surface area contributed by atoms with E-state index in [2.05, 4.69) is 16.8 Å². The summed E-state index contributed by atoms with van der Waals surface area (Å²) in [6, 6.07) is 7.20. The lowest BCUT2D eigenvalue weighted by Crippen LogP contribution is -2.15. The normalized spacial score (nSPS) is 19.2. The molecule has 23 heavy (non-hydrogen) atoms. The fraction of sp³-hybridized carbons (Fsp3) is 0.294. The molecule has 0 unspecified atom stereocenters. The number of ether oxygens (including phenoxy) is 1. The number of benzene rings is 1. The Bertz CT molecular complexity index is 726. The highest BCUT2D eigenvalue weighted by Gasteiger charge is 2.44. The number of carboxylic acid groups (broad SMARTS) is 1. The monoisotopic (exact) mass is 331 g/mol. The summed E-state index contributed by atoms with van der Waals surface area (Å²) >= 11 is 1.65. The van der Waals surface area contributed by atoms with E-state index in [4.69, 9.17) is 9.84 Å². The van der Waals surface area contributed by atoms with Crippen LogP contribution in [0.4, 0.5) is 5.69 Å². The van der Waals surface area contributed by atoms with E-state index in [9.17, 15) is 9.59 Å². The lowest BCUT2D eigenvalue weighted by atomic mass is 10.1. The number of thiophene rings is 1. The van der Waals surface area contributed by atoms with Crippen molar-refractivity contribution < 1.29 is 19.4 Å². The topological polar surface area (TPSA) is 75.6 Å². The molecule has 1 aliphatic rings. The maximum atomic E-state index is 12.3. The fourth-order valence-corrected chi connectivity index (χ4v) is 3.30. The average Bonchev–Trinajstić information content (AvgIpc) is 3.13. The van der Waals surface area contributed by atoms with E-state index in [1.807, 2.05) is 12.3 Å². The van der Waals surface area contributed by atoms with Crippen molar-refractivity contribution >= 4 is 28.9 Å². The molecular weight excluding hydrogens is 314 g/mol. The second-order valence-electron chi connectivity index (χ2n) is 5.65. The van der Waals surface area contributed by atoms with Crippen LogP contribution in [0.3, 0.4) is 0 Å². The lowest BCUT2D eigenvalue weighted by Gasteiger charge is -2.10. The van der Waals surface area contributed by atoms with Crippen molar-refractivity contribution in [1.29, 1.82) is 0 Å². The molecule has 0 aliphatic heterocycles. The number of carbonyl (C=O) groups excluding carboxylic acids is 1. The second-order valence-corrected chi connectivity index (χ2v) is 6.43. The Morgan fingerprint density at radius 2 is 2.22 bits per heavy atom. The minimum Gasteiger partial charge on any atom is -0.482 e. The van der Waals surface area contributed by atoms with Gasteiger partial charge >= 0.3 is 5.97 Å². The van der Waals surface area contributed by atoms with Gasteiger partial charge in [0.1, 0.15) is 5.75 Å². The van der Waals surface area contributed by atoms with Gasteiger partial charge in [0.15, 0.2) is 6.61 Å². The van der Waals surface area contributed by atoms with E-state index in [-0.39, 0.29) is 18.4 Å². The molecule has 120 valence electrons. The third-order valence-electron chi connectivity index (χ3n) is 3.92. The molecule has 2 aromatic rings. The van der Waals surface area contributed by atoms with Crippen molar-refractivity contribution in [2.75, 3.05) is 11.9 Å². The van der Waals surface area contributed by atoms with Crippen LogP contribution >= 0.6 is 11.3 Å². The molecule has 1 aromatic carbocycles. The molecule has 1 fully saturated rings. The number of hydrogen-bond donors (Lipinski definition) is 2. The number of rotatable bonds is 6. The summed E-state index contributed by atoms with van der Waals surface area (Å²) in [5.41, 5.74) is 2.81. The summed E-state index contributed by atoms with van der Waals surface area (Å²) in [7, 11) is 0. The zero-order valence-electron chi connectivity index (χ0n) is 12.6. The Kier molecular flexibility index (Phi) is 4.34. The number of aliphatic carboxylic acids is 1. The van der Waals surface area contributed by atoms with Crippen molar-refractivity contribution in [3.05, 3.63) is 46.2 Å². The van der Waals surface area contributed by atoms with E-state index in [1.165, 1.54) is 5.56 Å². The van der Waals surface area contributed by atoms with Crippen LogP contribution in [-0.2, 0) is 9.59 Å². The van der Waals surface area contributed by atoms with Gasteiger partial charge in [-0.25, -0.2) is 4.79 Å². The van der Waals surface area contributed by atoms with Gasteiger partial charge in [0.2, 0.25) is 5.91 Å². The number of carbonyl (C=O) groups is 2. The van der Waals surface area contributed by atoms with Gasteiger partial charge in [0.25, 0.3) is 0 Å². The van der Waals surface area contributed by atoms with E-state index >= 15 is 0 Å². The lowest BCUT2D eigenvalue weighted by molar-refractivity contribution is -0.139. The molecule has 1 amide bonds. The van der Waals surface area contributed by atoms with Crippen LogP contribution < -0.4 is 10.1 Å². The predicted molar refractivity (Wildman–Crippen MR) is 88.1 cm³/mol. The van der Waals surface area contributed by atoms with Crippen LogP contribution in [-0.4, -0.2) is 23.6 Å². The van der Waals surface area contributed by atoms with Crippen LogP contribution in [0.2, 0.25) is 0 Å². The molecule has 0 radical (unpaired) electrons. The van der Waals surface area contributed by atoms with Gasteiger partial charge in [-0.2, -0.15) is 11.3 Å². The van der Waals surface area contributed by atoms with Gasteiger partial charge < -0.3 is 15.2 Å². The van der Waals surface area contributed by atoms with Gasteiger partial charge in [-0.15, -0.1) is 0 Å². The van der Waals surface area contributed by atoms with Crippen LogP contribution in [0.25, 0.3) is 0 Å². The van der Waals surface area contributed by atoms with Gasteiger partial charge in [0, 0.05) is 11.6 Å². The minimum atomic E-state index is -1.02. The summed E-state index contributed by atoms with van der Waals surface area (Å²) in [5.74, 6) is -0.145. The third-order valence-corrected chi connectivity index (χ3v) is 4.62. The molecule has 0 bridgehead atoms. The molecular formula is C17H17NO4S. The molecule has 1 aromatic heterocycles. The predicted octanol–water partition coefficient (Wildman–Crippen LogP) is 3.26. The summed E-state index contributed by atoms with van der Waals surface area (Å²) in [4.78, 5) is 22.8. The summed E-state index contributed by atoms with van der Waals surface area (Å²) in [6.45, 7) is 1.47. The Morgan fingerprint density at radius 3 is 2.87 bits per heavy atom. The highest BCUT2D eigenvalue weighted by Crippen LogP contribution is 2.48. The number of nitrogens with one attached hydrogen (secondary N) is 1. The third kappa shape index (κ3) is 3.71. The van der Waals surface area contributed by atoms with E-state index in [1.54, 1.807) is 29.5 Å². The Balaban J connectivity index is 1.60. The van der Waals surface area contributed by atoms with Crippen molar-refractivity contribution in [3.8, 4) is 5.75 Å². The highest BCUT2D eigenvalue weighted by molar-refractivity contribution is 7.08. The number of amides is 1. The van der Waals surface area contributed by atoms with Crippen LogP contribution in [0.5, 0.6) is 5.75 Å². The van der Waals surface area contributed by atoms with Gasteiger partial charge in [-0.1, -0.05) is 0 Å². The first kappa shape index (κ1) is 15.6. The van der Waals surface area contributed by atoms with Crippen molar-refractivity contribution in [1.82, 2.24) is 0 Å². The first-order valence-electron chi connectivity index (χ1n) is 7.33. The molecule has 0 spiro atoms. The molecule has 1 aliphatic carbocycles. The molecule has 2 atom stereocenters. The maximum Gasteiger partial charge on any atom is 0.341 e. The molecule has 0 saturated heterocycles. The maximum absolute atomic E-state index is 12.3. The van der Waals surface area contributed by atoms with Crippen molar-refractivity contribution in [3.63, 3.8) is 0 Å². The fourth-order valence-electron chi connectivity index (χ4n) is 2.58. The van der Waals surface area contributed by atoms with Gasteiger partial charge in [-0.05, 0) is 65.4 Å². The Morgan fingerprint density at radius 1 is 1.39 bits per heavy atom. The van der Waals surface area contributed by atoms with Gasteiger partial charge in [0.05, 0.1) is 0 Å². The molecule has 1 heterocycles. The SMILES string of the molecule is Cc1cc(OCC(=O)O)ccc1NC(=O)[C@@H]1C[C@H]1c1ccsc1. The molecule has 2 N–H and O–H groups in total. The summed E-state index contributed by atoms with van der Waals surface area (Å²) in [5, 5.41) is 15.7. The largest absolute Gasteiger partial charge is 0.482 e. The Labute approximate surface area is 137 Å². The Hall–Kier alpha value is -2.34. The molecule has 6 heteroatoms. The summed E-state index contributed by atoms with van der Waals surface area (Å²) < 4.78 is 5.12. The first-order valence-corrected chi connectivity index (χ1v) is 8.27. The standard InChI is InChI=1S/C17H17NO4S/c1-10-6-12(22-8-16(19)20)2-3-15(10)18-17(21)14-7-13(14)11-4-5-23-9-11/h2-6,9,13-14H,7-8H2,1H3,(H,18,21)(H,19,20)/t13-,14+/m0/s1. The second kappa shape index (κ2) is 6.42. The van der Waals surface area contributed by atoms with Crippen LogP contribution in [0.15, 0.2) is 35.0 Å². The van der Waals surface area contributed by atoms with Crippen molar-refractivity contribution in [2.45, 2.75) is 19.3 Å². The molecule has 5 nitrogen and oxygen atoms in total. The molecule has 3 rings (SSSR count). The zero-order valence-corrected chi connectivity index (χ0v) is 13.4. The molecule has 1 saturated carbocycles. The van der Waals surface area contributed by atoms with E-state index in [0.29, 0.717) is 11.7 Å². The zero-order chi connectivity index (χ0) is 16.4. The highest BCUT2D eigenvalue weighted by atomic mass is 32.1. The van der Waals surface area contributed by atoms with E-state index < -0.39 is 5.97 Å². The number of anilines is 1. The minimum absolute atomic E-state index is 0.0310. The van der Waals surface area contributed by atoms with Crippen LogP contribution in [0, 0.1) is 12.8 Å². The number of carboxylic acids is 1. The first-order chi connectivity index (χ1) is 11.0. The quantitative estimate of drug-likeness (QED) is 0.852. The van der Waals surface area contributed by atoms with E-state index in [0.717, 1.165) is 17.7 Å². The van der Waals surface area contributed by atoms with Gasteiger partial charge in [-0.3, -0.25) is 4.79 Å².